The predicted molar refractivity (Wildman–Crippen MR) is 84.1 cm³/mol. The normalized spacial score (nSPS) is 10.8. The molecule has 0 aliphatic carbocycles. The molecule has 20 heavy (non-hydrogen) atoms. The molecule has 0 saturated carbocycles. The fraction of sp³-hybridized carbons (Fsp3) is 0.333. The summed E-state index contributed by atoms with van der Waals surface area (Å²) in [5.74, 6) is 2.74. The van der Waals surface area contributed by atoms with Gasteiger partial charge in [0, 0.05) is 17.0 Å². The highest BCUT2D eigenvalue weighted by molar-refractivity contribution is 9.10. The van der Waals surface area contributed by atoms with E-state index >= 15 is 0 Å². The van der Waals surface area contributed by atoms with Crippen LogP contribution in [0, 0.1) is 0 Å². The van der Waals surface area contributed by atoms with E-state index in [-0.39, 0.29) is 0 Å². The third-order valence-electron chi connectivity index (χ3n) is 2.89. The number of benzene rings is 1. The van der Waals surface area contributed by atoms with E-state index in [1.807, 2.05) is 19.1 Å². The highest BCUT2D eigenvalue weighted by Crippen LogP contribution is 2.32. The van der Waals surface area contributed by atoms with Crippen molar-refractivity contribution in [1.82, 2.24) is 9.97 Å². The minimum atomic E-state index is 0.354. The zero-order valence-electron chi connectivity index (χ0n) is 11.9. The van der Waals surface area contributed by atoms with E-state index in [4.69, 9.17) is 10.5 Å². The van der Waals surface area contributed by atoms with Crippen LogP contribution in [0.1, 0.15) is 38.1 Å². The maximum atomic E-state index is 5.90. The first-order valence-electron chi connectivity index (χ1n) is 6.60. The SMILES string of the molecule is CCc1nc(N)cc(Oc2ccc(Br)cc2C(C)C)n1. The van der Waals surface area contributed by atoms with Gasteiger partial charge in [-0.1, -0.05) is 36.7 Å². The lowest BCUT2D eigenvalue weighted by Gasteiger charge is -2.14. The zero-order valence-corrected chi connectivity index (χ0v) is 13.4. The predicted octanol–water partition coefficient (Wildman–Crippen LogP) is 4.30. The summed E-state index contributed by atoms with van der Waals surface area (Å²) in [7, 11) is 0. The van der Waals surface area contributed by atoms with Crippen LogP contribution in [0.5, 0.6) is 11.6 Å². The molecule has 0 saturated heterocycles. The number of ether oxygens (including phenoxy) is 1. The Kier molecular flexibility index (Phi) is 4.60. The van der Waals surface area contributed by atoms with Crippen molar-refractivity contribution in [3.05, 3.63) is 40.1 Å². The van der Waals surface area contributed by atoms with E-state index in [2.05, 4.69) is 45.8 Å². The Morgan fingerprint density at radius 2 is 2.00 bits per heavy atom. The van der Waals surface area contributed by atoms with Crippen molar-refractivity contribution >= 4 is 21.7 Å². The molecule has 0 spiro atoms. The molecule has 2 rings (SSSR count). The molecule has 0 atom stereocenters. The Morgan fingerprint density at radius 1 is 1.25 bits per heavy atom. The quantitative estimate of drug-likeness (QED) is 0.904. The van der Waals surface area contributed by atoms with Crippen LogP contribution in [0.15, 0.2) is 28.7 Å². The number of halogens is 1. The molecule has 106 valence electrons. The molecule has 0 unspecified atom stereocenters. The lowest BCUT2D eigenvalue weighted by molar-refractivity contribution is 0.451. The van der Waals surface area contributed by atoms with E-state index in [0.717, 1.165) is 22.2 Å². The second kappa shape index (κ2) is 6.22. The average Bonchev–Trinajstić information content (AvgIpc) is 2.40. The summed E-state index contributed by atoms with van der Waals surface area (Å²) in [6.45, 7) is 6.23. The monoisotopic (exact) mass is 335 g/mol. The number of aryl methyl sites for hydroxylation is 1. The first kappa shape index (κ1) is 14.8. The van der Waals surface area contributed by atoms with Crippen molar-refractivity contribution in [3.8, 4) is 11.6 Å². The van der Waals surface area contributed by atoms with Crippen molar-refractivity contribution < 1.29 is 4.74 Å². The second-order valence-corrected chi connectivity index (χ2v) is 5.76. The second-order valence-electron chi connectivity index (χ2n) is 4.84. The van der Waals surface area contributed by atoms with Gasteiger partial charge in [0.15, 0.2) is 0 Å². The number of rotatable bonds is 4. The lowest BCUT2D eigenvalue weighted by Crippen LogP contribution is -2.01. The van der Waals surface area contributed by atoms with Gasteiger partial charge >= 0.3 is 0 Å². The van der Waals surface area contributed by atoms with Crippen molar-refractivity contribution in [2.45, 2.75) is 33.1 Å². The highest BCUT2D eigenvalue weighted by Gasteiger charge is 2.11. The molecule has 0 amide bonds. The van der Waals surface area contributed by atoms with E-state index in [9.17, 15) is 0 Å². The minimum absolute atomic E-state index is 0.354. The number of hydrogen-bond acceptors (Lipinski definition) is 4. The summed E-state index contributed by atoms with van der Waals surface area (Å²) in [6, 6.07) is 7.59. The van der Waals surface area contributed by atoms with Gasteiger partial charge in [-0.15, -0.1) is 0 Å². The molecule has 5 heteroatoms. The number of aromatic nitrogens is 2. The molecule has 0 aliphatic rings. The fourth-order valence-corrected chi connectivity index (χ4v) is 2.26. The maximum absolute atomic E-state index is 5.90. The largest absolute Gasteiger partial charge is 0.439 e. The Balaban J connectivity index is 2.37. The van der Waals surface area contributed by atoms with Crippen LogP contribution < -0.4 is 10.5 Å². The first-order chi connectivity index (χ1) is 9.49. The van der Waals surface area contributed by atoms with Crippen LogP contribution in [0.4, 0.5) is 5.82 Å². The summed E-state index contributed by atoms with van der Waals surface area (Å²) < 4.78 is 6.93. The van der Waals surface area contributed by atoms with Gasteiger partial charge in [0.05, 0.1) is 0 Å². The number of nitrogens with two attached hydrogens (primary N) is 1. The van der Waals surface area contributed by atoms with Crippen LogP contribution in [-0.2, 0) is 6.42 Å². The Bertz CT molecular complexity index is 614. The Hall–Kier alpha value is -1.62. The third-order valence-corrected chi connectivity index (χ3v) is 3.39. The molecular formula is C15H18BrN3O. The lowest BCUT2D eigenvalue weighted by atomic mass is 10.0. The maximum Gasteiger partial charge on any atom is 0.224 e. The third kappa shape index (κ3) is 3.48. The van der Waals surface area contributed by atoms with Crippen LogP contribution in [0.2, 0.25) is 0 Å². The Morgan fingerprint density at radius 3 is 2.65 bits per heavy atom. The van der Waals surface area contributed by atoms with Crippen LogP contribution >= 0.6 is 15.9 Å². The summed E-state index contributed by atoms with van der Waals surface area (Å²) in [5.41, 5.74) is 6.89. The summed E-state index contributed by atoms with van der Waals surface area (Å²) >= 11 is 3.48. The molecule has 1 aromatic heterocycles. The molecule has 4 nitrogen and oxygen atoms in total. The van der Waals surface area contributed by atoms with Gasteiger partial charge in [-0.05, 0) is 29.7 Å². The molecule has 0 radical (unpaired) electrons. The zero-order chi connectivity index (χ0) is 14.7. The summed E-state index contributed by atoms with van der Waals surface area (Å²) in [4.78, 5) is 8.49. The van der Waals surface area contributed by atoms with E-state index < -0.39 is 0 Å². The average molecular weight is 336 g/mol. The summed E-state index contributed by atoms with van der Waals surface area (Å²) in [6.07, 6.45) is 0.721. The highest BCUT2D eigenvalue weighted by atomic mass is 79.9. The molecule has 1 heterocycles. The minimum Gasteiger partial charge on any atom is -0.439 e. The molecule has 0 aliphatic heterocycles. The smallest absolute Gasteiger partial charge is 0.224 e. The van der Waals surface area contributed by atoms with Crippen molar-refractivity contribution in [2.75, 3.05) is 5.73 Å². The molecule has 2 aromatic rings. The van der Waals surface area contributed by atoms with Gasteiger partial charge in [-0.3, -0.25) is 0 Å². The number of nitrogen functional groups attached to an aromatic ring is 1. The molecule has 1 aromatic carbocycles. The molecular weight excluding hydrogens is 318 g/mol. The topological polar surface area (TPSA) is 61.0 Å². The van der Waals surface area contributed by atoms with Crippen molar-refractivity contribution in [3.63, 3.8) is 0 Å². The van der Waals surface area contributed by atoms with Crippen LogP contribution in [-0.4, -0.2) is 9.97 Å². The number of hydrogen-bond donors (Lipinski definition) is 1. The van der Waals surface area contributed by atoms with E-state index in [1.165, 1.54) is 0 Å². The van der Waals surface area contributed by atoms with Gasteiger partial charge in [0.25, 0.3) is 0 Å². The van der Waals surface area contributed by atoms with Crippen LogP contribution in [0.25, 0.3) is 0 Å². The standard InChI is InChI=1S/C15H18BrN3O/c1-4-14-18-13(17)8-15(19-14)20-12-6-5-10(16)7-11(12)9(2)3/h5-9H,4H2,1-3H3,(H2,17,18,19). The molecule has 0 fully saturated rings. The van der Waals surface area contributed by atoms with Crippen LogP contribution in [0.3, 0.4) is 0 Å². The number of nitrogens with zero attached hydrogens (tertiary/aromatic N) is 2. The van der Waals surface area contributed by atoms with Crippen molar-refractivity contribution in [2.24, 2.45) is 0 Å². The van der Waals surface area contributed by atoms with Gasteiger partial charge in [0.1, 0.15) is 17.4 Å². The number of anilines is 1. The molecule has 0 bridgehead atoms. The van der Waals surface area contributed by atoms with Gasteiger partial charge < -0.3 is 10.5 Å². The van der Waals surface area contributed by atoms with E-state index in [1.54, 1.807) is 6.07 Å². The summed E-state index contributed by atoms with van der Waals surface area (Å²) in [5, 5.41) is 0. The van der Waals surface area contributed by atoms with Crippen molar-refractivity contribution in [1.29, 1.82) is 0 Å². The van der Waals surface area contributed by atoms with Gasteiger partial charge in [-0.2, -0.15) is 4.98 Å². The fourth-order valence-electron chi connectivity index (χ4n) is 1.88. The van der Waals surface area contributed by atoms with E-state index in [0.29, 0.717) is 23.4 Å². The first-order valence-corrected chi connectivity index (χ1v) is 7.39. The van der Waals surface area contributed by atoms with Gasteiger partial charge in [-0.25, -0.2) is 4.98 Å². The van der Waals surface area contributed by atoms with Gasteiger partial charge in [0.2, 0.25) is 5.88 Å². The molecule has 2 N–H and O–H groups in total. The Labute approximate surface area is 127 Å².